The van der Waals surface area contributed by atoms with Crippen LogP contribution in [0.1, 0.15) is 5.56 Å². The van der Waals surface area contributed by atoms with Crippen molar-refractivity contribution in [2.45, 2.75) is 9.79 Å². The van der Waals surface area contributed by atoms with Gasteiger partial charge in [-0.2, -0.15) is 20.5 Å². The number of fused-ring (bicyclic) bond motifs is 1. The van der Waals surface area contributed by atoms with Crippen molar-refractivity contribution in [1.29, 1.82) is 0 Å². The number of anilines is 1. The van der Waals surface area contributed by atoms with Gasteiger partial charge >= 0.3 is 0 Å². The number of halogens is 2. The molecular weight excluding hydrogens is 438 g/mol. The van der Waals surface area contributed by atoms with Crippen molar-refractivity contribution in [3.63, 3.8) is 0 Å². The Bertz CT molecular complexity index is 1370. The smallest absolute Gasteiger partial charge is 0.279 e. The molecular formula is C19H11F2N2O5S2-. The summed E-state index contributed by atoms with van der Waals surface area (Å²) in [5.74, 6) is -2.72. The van der Waals surface area contributed by atoms with E-state index in [1.807, 2.05) is 0 Å². The van der Waals surface area contributed by atoms with E-state index in [2.05, 4.69) is 4.99 Å². The second-order valence-electron chi connectivity index (χ2n) is 6.22. The molecule has 0 unspecified atom stereocenters. The normalized spacial score (nSPS) is 17.0. The van der Waals surface area contributed by atoms with Crippen LogP contribution in [0, 0.1) is 11.6 Å². The number of hydrogen-bond acceptors (Lipinski definition) is 6. The standard InChI is InChI=1S/C19H12F2N2O5S2/c20-13-5-3-4-12(10-13)19(24)22-16-9-8-14(11-15(16)21)23-29(25,26)17-6-1-2-7-18(17)30(23,27)28/h1-11H,(H,22,24)/p-1. The van der Waals surface area contributed by atoms with Crippen molar-refractivity contribution in [3.8, 4) is 0 Å². The Morgan fingerprint density at radius 3 is 2.03 bits per heavy atom. The summed E-state index contributed by atoms with van der Waals surface area (Å²) in [6.07, 6.45) is 0. The molecule has 0 radical (unpaired) electrons. The molecule has 0 spiro atoms. The Kier molecular flexibility index (Phi) is 4.59. The summed E-state index contributed by atoms with van der Waals surface area (Å²) >= 11 is 0. The van der Waals surface area contributed by atoms with Gasteiger partial charge in [0.2, 0.25) is 0 Å². The molecule has 0 fully saturated rings. The predicted molar refractivity (Wildman–Crippen MR) is 102 cm³/mol. The highest BCUT2D eigenvalue weighted by molar-refractivity contribution is 8.12. The maximum absolute atomic E-state index is 14.6. The van der Waals surface area contributed by atoms with Crippen LogP contribution in [-0.4, -0.2) is 22.7 Å². The number of nitrogens with zero attached hydrogens (tertiary/aromatic N) is 2. The Hall–Kier alpha value is -3.31. The Balaban J connectivity index is 1.77. The predicted octanol–water partition coefficient (Wildman–Crippen LogP) is 2.30. The van der Waals surface area contributed by atoms with E-state index < -0.39 is 58.7 Å². The van der Waals surface area contributed by atoms with E-state index in [0.29, 0.717) is 6.07 Å². The third-order valence-corrected chi connectivity index (χ3v) is 8.70. The highest BCUT2D eigenvalue weighted by Crippen LogP contribution is 2.40. The largest absolute Gasteiger partial charge is 0.858 e. The van der Waals surface area contributed by atoms with Crippen LogP contribution >= 0.6 is 0 Å². The summed E-state index contributed by atoms with van der Waals surface area (Å²) in [7, 11) is -8.94. The maximum atomic E-state index is 14.6. The fraction of sp³-hybridized carbons (Fsp3) is 0. The first-order valence-corrected chi connectivity index (χ1v) is 11.2. The third-order valence-electron chi connectivity index (χ3n) is 4.28. The molecule has 4 rings (SSSR count). The van der Waals surface area contributed by atoms with Gasteiger partial charge in [0.1, 0.15) is 15.6 Å². The molecule has 0 aromatic heterocycles. The van der Waals surface area contributed by atoms with Gasteiger partial charge in [-0.05, 0) is 47.9 Å². The molecule has 11 heteroatoms. The van der Waals surface area contributed by atoms with Gasteiger partial charge in [0.05, 0.1) is 11.4 Å². The zero-order valence-electron chi connectivity index (χ0n) is 14.9. The van der Waals surface area contributed by atoms with Crippen molar-refractivity contribution >= 4 is 37.3 Å². The van der Waals surface area contributed by atoms with Crippen LogP contribution in [0.5, 0.6) is 0 Å². The lowest BCUT2D eigenvalue weighted by Crippen LogP contribution is -2.30. The molecule has 0 bridgehead atoms. The highest BCUT2D eigenvalue weighted by Gasteiger charge is 2.47. The summed E-state index contributed by atoms with van der Waals surface area (Å²) in [5, 5.41) is 12.1. The topological polar surface area (TPSA) is 107 Å². The van der Waals surface area contributed by atoms with Crippen LogP contribution in [0.2, 0.25) is 0 Å². The number of sulfonamides is 2. The zero-order valence-corrected chi connectivity index (χ0v) is 16.5. The van der Waals surface area contributed by atoms with Gasteiger partial charge < -0.3 is 5.11 Å². The van der Waals surface area contributed by atoms with Crippen molar-refractivity contribution in [3.05, 3.63) is 83.9 Å². The molecule has 1 heterocycles. The van der Waals surface area contributed by atoms with Gasteiger partial charge in [-0.25, -0.2) is 8.78 Å². The van der Waals surface area contributed by atoms with Gasteiger partial charge in [-0.15, -0.1) is 0 Å². The van der Waals surface area contributed by atoms with E-state index in [4.69, 9.17) is 0 Å². The van der Waals surface area contributed by atoms with Crippen molar-refractivity contribution < 1.29 is 30.7 Å². The lowest BCUT2D eigenvalue weighted by atomic mass is 10.2. The van der Waals surface area contributed by atoms with Crippen LogP contribution in [0.15, 0.2) is 81.5 Å². The average molecular weight is 449 g/mol. The third kappa shape index (κ3) is 3.12. The van der Waals surface area contributed by atoms with Crippen LogP contribution in [0.3, 0.4) is 0 Å². The summed E-state index contributed by atoms with van der Waals surface area (Å²) in [6, 6.07) is 12.3. The summed E-state index contributed by atoms with van der Waals surface area (Å²) in [5.41, 5.74) is -1.04. The molecule has 30 heavy (non-hydrogen) atoms. The van der Waals surface area contributed by atoms with Crippen molar-refractivity contribution in [2.24, 2.45) is 4.99 Å². The minimum Gasteiger partial charge on any atom is -0.858 e. The minimum absolute atomic E-state index is 0.112. The molecule has 154 valence electrons. The van der Waals surface area contributed by atoms with Crippen LogP contribution in [0.25, 0.3) is 0 Å². The lowest BCUT2D eigenvalue weighted by molar-refractivity contribution is -0.212. The number of aliphatic imine (C=N–C) groups is 1. The first-order valence-electron chi connectivity index (χ1n) is 8.33. The molecule has 0 amide bonds. The molecule has 3 aromatic rings. The SMILES string of the molecule is O=S1(=O)c2ccccc2S(=O)(=O)N1c1ccc(N=C([O-])c2cccc(F)c2)c(F)c1. The van der Waals surface area contributed by atoms with Gasteiger partial charge in [-0.3, -0.25) is 4.99 Å². The minimum atomic E-state index is -4.47. The molecule has 0 N–H and O–H groups in total. The zero-order chi connectivity index (χ0) is 21.7. The maximum Gasteiger partial charge on any atom is 0.279 e. The molecule has 1 aliphatic rings. The van der Waals surface area contributed by atoms with E-state index >= 15 is 0 Å². The van der Waals surface area contributed by atoms with E-state index in [9.17, 15) is 30.7 Å². The van der Waals surface area contributed by atoms with E-state index in [1.54, 1.807) is 0 Å². The molecule has 1 aliphatic heterocycles. The Morgan fingerprint density at radius 1 is 0.833 bits per heavy atom. The Morgan fingerprint density at radius 2 is 1.47 bits per heavy atom. The van der Waals surface area contributed by atoms with E-state index in [0.717, 1.165) is 36.4 Å². The first-order chi connectivity index (χ1) is 14.1. The number of rotatable bonds is 3. The van der Waals surface area contributed by atoms with Gasteiger partial charge in [0, 0.05) is 6.07 Å². The monoisotopic (exact) mass is 449 g/mol. The average Bonchev–Trinajstić information content (AvgIpc) is 2.85. The second kappa shape index (κ2) is 6.89. The van der Waals surface area contributed by atoms with Crippen LogP contribution in [-0.2, 0) is 20.0 Å². The summed E-state index contributed by atoms with van der Waals surface area (Å²) in [6.45, 7) is 0. The first kappa shape index (κ1) is 20.0. The Labute approximate surface area is 170 Å². The second-order valence-corrected chi connectivity index (χ2v) is 9.96. The molecule has 0 aliphatic carbocycles. The molecule has 0 atom stereocenters. The van der Waals surface area contributed by atoms with Gasteiger partial charge in [0.25, 0.3) is 20.0 Å². The molecule has 0 saturated carbocycles. The highest BCUT2D eigenvalue weighted by atomic mass is 32.3. The quantitative estimate of drug-likeness (QED) is 0.451. The van der Waals surface area contributed by atoms with E-state index in [-0.39, 0.29) is 9.27 Å². The van der Waals surface area contributed by atoms with E-state index in [1.165, 1.54) is 24.3 Å². The lowest BCUT2D eigenvalue weighted by Gasteiger charge is -2.17. The van der Waals surface area contributed by atoms with Crippen LogP contribution in [0.4, 0.5) is 20.2 Å². The fourth-order valence-electron chi connectivity index (χ4n) is 2.96. The van der Waals surface area contributed by atoms with Crippen molar-refractivity contribution in [2.75, 3.05) is 3.71 Å². The summed E-state index contributed by atoms with van der Waals surface area (Å²) in [4.78, 5) is 2.72. The number of benzene rings is 3. The molecule has 7 nitrogen and oxygen atoms in total. The summed E-state index contributed by atoms with van der Waals surface area (Å²) < 4.78 is 78.7. The molecule has 3 aromatic carbocycles. The van der Waals surface area contributed by atoms with Crippen molar-refractivity contribution in [1.82, 2.24) is 0 Å². The van der Waals surface area contributed by atoms with Gasteiger partial charge in [0.15, 0.2) is 5.82 Å². The van der Waals surface area contributed by atoms with Gasteiger partial charge in [-0.1, -0.05) is 24.3 Å². The fourth-order valence-corrected chi connectivity index (χ4v) is 7.39. The number of hydrogen-bond donors (Lipinski definition) is 0. The molecule has 0 saturated heterocycles. The van der Waals surface area contributed by atoms with Crippen LogP contribution < -0.4 is 8.82 Å².